The smallest absolute Gasteiger partial charge is 0.146 e. The second kappa shape index (κ2) is 5.67. The predicted octanol–water partition coefficient (Wildman–Crippen LogP) is 2.26. The molecule has 19 heavy (non-hydrogen) atoms. The molecule has 0 unspecified atom stereocenters. The van der Waals surface area contributed by atoms with Gasteiger partial charge < -0.3 is 11.5 Å². The summed E-state index contributed by atoms with van der Waals surface area (Å²) >= 11 is 6.19. The fourth-order valence-corrected chi connectivity index (χ4v) is 1.97. The van der Waals surface area contributed by atoms with Gasteiger partial charge in [-0.1, -0.05) is 11.6 Å². The van der Waals surface area contributed by atoms with Crippen LogP contribution in [-0.4, -0.2) is 23.0 Å². The average Bonchev–Trinajstić information content (AvgIpc) is 2.39. The molecule has 0 fully saturated rings. The number of nitrogens with two attached hydrogens (primary N) is 2. The van der Waals surface area contributed by atoms with Crippen molar-refractivity contribution in [3.05, 3.63) is 35.0 Å². The van der Waals surface area contributed by atoms with Crippen molar-refractivity contribution in [3.8, 4) is 0 Å². The zero-order valence-electron chi connectivity index (χ0n) is 10.5. The van der Waals surface area contributed by atoms with Crippen molar-refractivity contribution >= 4 is 40.1 Å². The minimum absolute atomic E-state index is 0.348. The Balaban J connectivity index is 2.59. The molecule has 98 valence electrons. The number of aliphatic imine (C=N–C) groups is 1. The lowest BCUT2D eigenvalue weighted by Crippen LogP contribution is -1.96. The Morgan fingerprint density at radius 2 is 2.16 bits per heavy atom. The number of hydrogen-bond donors (Lipinski definition) is 2. The largest absolute Gasteiger partial charge is 0.404 e. The number of halogens is 1. The van der Waals surface area contributed by atoms with E-state index >= 15 is 0 Å². The monoisotopic (exact) mass is 275 g/mol. The molecule has 0 saturated carbocycles. The molecule has 0 aliphatic carbocycles. The normalized spacial score (nSPS) is 12.4. The van der Waals surface area contributed by atoms with Crippen LogP contribution in [0.3, 0.4) is 0 Å². The highest BCUT2D eigenvalue weighted by atomic mass is 35.5. The number of anilines is 1. The van der Waals surface area contributed by atoms with Gasteiger partial charge in [0, 0.05) is 29.9 Å². The molecule has 0 atom stereocenters. The fourth-order valence-electron chi connectivity index (χ4n) is 1.70. The Morgan fingerprint density at radius 3 is 2.84 bits per heavy atom. The first kappa shape index (κ1) is 13.3. The first-order valence-corrected chi connectivity index (χ1v) is 6.18. The van der Waals surface area contributed by atoms with Crippen LogP contribution >= 0.6 is 11.6 Å². The van der Waals surface area contributed by atoms with Crippen molar-refractivity contribution in [2.24, 2.45) is 10.7 Å². The first-order chi connectivity index (χ1) is 9.15. The molecule has 6 heteroatoms. The van der Waals surface area contributed by atoms with Crippen LogP contribution in [0.15, 0.2) is 29.4 Å². The summed E-state index contributed by atoms with van der Waals surface area (Å²) in [5.74, 6) is 0.348. The van der Waals surface area contributed by atoms with Crippen molar-refractivity contribution in [1.82, 2.24) is 10.2 Å². The highest BCUT2D eigenvalue weighted by Crippen LogP contribution is 2.26. The van der Waals surface area contributed by atoms with Gasteiger partial charge in [-0.05, 0) is 30.7 Å². The topological polar surface area (TPSA) is 90.2 Å². The van der Waals surface area contributed by atoms with Gasteiger partial charge in [-0.3, -0.25) is 4.99 Å². The van der Waals surface area contributed by atoms with Crippen molar-refractivity contribution in [2.45, 2.75) is 6.92 Å². The maximum atomic E-state index is 6.19. The van der Waals surface area contributed by atoms with Gasteiger partial charge in [0.05, 0.1) is 5.02 Å². The number of rotatable bonds is 3. The van der Waals surface area contributed by atoms with Crippen LogP contribution in [-0.2, 0) is 0 Å². The molecule has 0 aliphatic rings. The Bertz CT molecular complexity index is 663. The molecule has 0 bridgehead atoms. The van der Waals surface area contributed by atoms with Crippen molar-refractivity contribution in [3.63, 3.8) is 0 Å². The molecule has 0 radical (unpaired) electrons. The maximum Gasteiger partial charge on any atom is 0.146 e. The molecule has 0 saturated heterocycles. The van der Waals surface area contributed by atoms with Crippen molar-refractivity contribution < 1.29 is 0 Å². The third-order valence-electron chi connectivity index (χ3n) is 2.59. The Kier molecular flexibility index (Phi) is 3.97. The highest BCUT2D eigenvalue weighted by molar-refractivity contribution is 6.35. The standard InChI is InChI=1S/C13H14ClN5/c1-2-17-7-10(6-15)8-3-9-5-12(16)18-19-13(9)11(14)4-8/h3-7H,2,15H2,1H3,(H2,16,18). The van der Waals surface area contributed by atoms with Crippen LogP contribution in [0.4, 0.5) is 5.82 Å². The molecule has 4 N–H and O–H groups in total. The van der Waals surface area contributed by atoms with E-state index in [1.807, 2.05) is 13.0 Å². The SMILES string of the molecule is CCN=CC(=CN)c1cc(Cl)c2nnc(N)cc2c1. The third kappa shape index (κ3) is 2.82. The van der Waals surface area contributed by atoms with E-state index in [4.69, 9.17) is 23.1 Å². The molecule has 1 heterocycles. The number of fused-ring (bicyclic) bond motifs is 1. The maximum absolute atomic E-state index is 6.19. The van der Waals surface area contributed by atoms with Crippen LogP contribution in [0.25, 0.3) is 16.5 Å². The van der Waals surface area contributed by atoms with Crippen molar-refractivity contribution in [1.29, 1.82) is 0 Å². The summed E-state index contributed by atoms with van der Waals surface area (Å²) in [7, 11) is 0. The van der Waals surface area contributed by atoms with E-state index in [9.17, 15) is 0 Å². The molecule has 0 spiro atoms. The molecular formula is C13H14ClN5. The molecule has 0 aliphatic heterocycles. The second-order valence-electron chi connectivity index (χ2n) is 3.92. The molecular weight excluding hydrogens is 262 g/mol. The summed E-state index contributed by atoms with van der Waals surface area (Å²) in [6, 6.07) is 5.42. The minimum atomic E-state index is 0.348. The molecule has 2 aromatic rings. The lowest BCUT2D eigenvalue weighted by molar-refractivity contribution is 1.09. The van der Waals surface area contributed by atoms with Crippen LogP contribution in [0, 0.1) is 0 Å². The van der Waals surface area contributed by atoms with Gasteiger partial charge in [-0.25, -0.2) is 0 Å². The first-order valence-electron chi connectivity index (χ1n) is 5.80. The van der Waals surface area contributed by atoms with Gasteiger partial charge in [-0.2, -0.15) is 0 Å². The summed E-state index contributed by atoms with van der Waals surface area (Å²) in [4.78, 5) is 4.18. The summed E-state index contributed by atoms with van der Waals surface area (Å²) in [6.45, 7) is 2.64. The molecule has 0 amide bonds. The lowest BCUT2D eigenvalue weighted by Gasteiger charge is -2.06. The summed E-state index contributed by atoms with van der Waals surface area (Å²) in [5, 5.41) is 9.09. The Hall–Kier alpha value is -2.14. The zero-order chi connectivity index (χ0) is 13.8. The minimum Gasteiger partial charge on any atom is -0.404 e. The quantitative estimate of drug-likeness (QED) is 0.841. The van der Waals surface area contributed by atoms with E-state index in [1.54, 1.807) is 18.3 Å². The van der Waals surface area contributed by atoms with Crippen molar-refractivity contribution in [2.75, 3.05) is 12.3 Å². The van der Waals surface area contributed by atoms with E-state index in [-0.39, 0.29) is 0 Å². The van der Waals surface area contributed by atoms with Gasteiger partial charge >= 0.3 is 0 Å². The number of allylic oxidation sites excluding steroid dienone is 1. The van der Waals surface area contributed by atoms with E-state index in [1.165, 1.54) is 6.20 Å². The lowest BCUT2D eigenvalue weighted by atomic mass is 10.1. The highest BCUT2D eigenvalue weighted by Gasteiger charge is 2.07. The summed E-state index contributed by atoms with van der Waals surface area (Å²) < 4.78 is 0. The molecule has 5 nitrogen and oxygen atoms in total. The number of hydrogen-bond acceptors (Lipinski definition) is 5. The van der Waals surface area contributed by atoms with Gasteiger partial charge in [0.25, 0.3) is 0 Å². The van der Waals surface area contributed by atoms with Gasteiger partial charge in [0.1, 0.15) is 11.3 Å². The number of benzene rings is 1. The Labute approximate surface area is 116 Å². The molecule has 2 rings (SSSR count). The second-order valence-corrected chi connectivity index (χ2v) is 4.32. The average molecular weight is 276 g/mol. The van der Waals surface area contributed by atoms with Gasteiger partial charge in [-0.15, -0.1) is 10.2 Å². The number of aromatic nitrogens is 2. The Morgan fingerprint density at radius 1 is 1.37 bits per heavy atom. The van der Waals surface area contributed by atoms with Crippen LogP contribution in [0.2, 0.25) is 5.02 Å². The predicted molar refractivity (Wildman–Crippen MR) is 80.2 cm³/mol. The van der Waals surface area contributed by atoms with E-state index in [0.29, 0.717) is 22.9 Å². The third-order valence-corrected chi connectivity index (χ3v) is 2.88. The zero-order valence-corrected chi connectivity index (χ0v) is 11.2. The van der Waals surface area contributed by atoms with Crippen LogP contribution in [0.1, 0.15) is 12.5 Å². The van der Waals surface area contributed by atoms with E-state index in [2.05, 4.69) is 15.2 Å². The number of nitrogens with zero attached hydrogens (tertiary/aromatic N) is 3. The van der Waals surface area contributed by atoms with Crippen LogP contribution in [0.5, 0.6) is 0 Å². The fraction of sp³-hybridized carbons (Fsp3) is 0.154. The van der Waals surface area contributed by atoms with Crippen LogP contribution < -0.4 is 11.5 Å². The van der Waals surface area contributed by atoms with E-state index < -0.39 is 0 Å². The van der Waals surface area contributed by atoms with E-state index in [0.717, 1.165) is 16.5 Å². The number of nitrogen functional groups attached to an aromatic ring is 1. The summed E-state index contributed by atoms with van der Waals surface area (Å²) in [5.41, 5.74) is 13.5. The molecule has 1 aromatic heterocycles. The van der Waals surface area contributed by atoms with Gasteiger partial charge in [0.15, 0.2) is 0 Å². The summed E-state index contributed by atoms with van der Waals surface area (Å²) in [6.07, 6.45) is 3.21. The van der Waals surface area contributed by atoms with Gasteiger partial charge in [0.2, 0.25) is 0 Å². The molecule has 1 aromatic carbocycles.